The van der Waals surface area contributed by atoms with Gasteiger partial charge in [0, 0.05) is 18.2 Å². The molecule has 0 saturated heterocycles. The Morgan fingerprint density at radius 1 is 1.39 bits per heavy atom. The second kappa shape index (κ2) is 5.76. The van der Waals surface area contributed by atoms with Crippen molar-refractivity contribution in [2.75, 3.05) is 18.2 Å². The first-order valence-electron chi connectivity index (χ1n) is 6.05. The summed E-state index contributed by atoms with van der Waals surface area (Å²) < 4.78 is 5.11. The number of amides is 1. The number of hydrogen-bond acceptors (Lipinski definition) is 3. The molecule has 0 aliphatic heterocycles. The molecule has 1 aromatic carbocycles. The number of carbonyl (C=O) groups is 1. The van der Waals surface area contributed by atoms with E-state index >= 15 is 0 Å². The molecular formula is C14H22N2O2. The number of methoxy groups -OCH3 is 1. The highest BCUT2D eigenvalue weighted by Crippen LogP contribution is 2.25. The van der Waals surface area contributed by atoms with Crippen molar-refractivity contribution in [1.82, 2.24) is 0 Å². The standard InChI is InChI=1S/C14H22N2O2/c1-14(2,3)8-7-13(17)16-10-5-6-11(15)12(9-10)18-4/h5-6,9H,7-8,15H2,1-4H3,(H,16,17). The average Bonchev–Trinajstić information content (AvgIpc) is 2.28. The van der Waals surface area contributed by atoms with Crippen LogP contribution >= 0.6 is 0 Å². The zero-order valence-corrected chi connectivity index (χ0v) is 11.5. The maximum absolute atomic E-state index is 11.8. The zero-order valence-electron chi connectivity index (χ0n) is 11.5. The molecular weight excluding hydrogens is 228 g/mol. The molecule has 3 N–H and O–H groups in total. The van der Waals surface area contributed by atoms with Gasteiger partial charge in [-0.3, -0.25) is 4.79 Å². The molecule has 0 aliphatic carbocycles. The average molecular weight is 250 g/mol. The van der Waals surface area contributed by atoms with Crippen LogP contribution in [0.4, 0.5) is 11.4 Å². The van der Waals surface area contributed by atoms with Crippen molar-refractivity contribution in [3.05, 3.63) is 18.2 Å². The van der Waals surface area contributed by atoms with Crippen LogP contribution in [0.5, 0.6) is 5.75 Å². The van der Waals surface area contributed by atoms with Gasteiger partial charge in [0.25, 0.3) is 0 Å². The van der Waals surface area contributed by atoms with Crippen molar-refractivity contribution >= 4 is 17.3 Å². The summed E-state index contributed by atoms with van der Waals surface area (Å²) >= 11 is 0. The van der Waals surface area contributed by atoms with Crippen molar-refractivity contribution < 1.29 is 9.53 Å². The normalized spacial score (nSPS) is 11.1. The molecule has 4 nitrogen and oxygen atoms in total. The largest absolute Gasteiger partial charge is 0.495 e. The third-order valence-electron chi connectivity index (χ3n) is 2.62. The molecule has 0 radical (unpaired) electrons. The number of ether oxygens (including phenoxy) is 1. The molecule has 1 rings (SSSR count). The number of nitrogens with two attached hydrogens (primary N) is 1. The second-order valence-electron chi connectivity index (χ2n) is 5.57. The lowest BCUT2D eigenvalue weighted by molar-refractivity contribution is -0.116. The number of benzene rings is 1. The van der Waals surface area contributed by atoms with E-state index in [1.165, 1.54) is 0 Å². The Bertz CT molecular complexity index is 422. The molecule has 0 atom stereocenters. The smallest absolute Gasteiger partial charge is 0.224 e. The van der Waals surface area contributed by atoms with E-state index in [4.69, 9.17) is 10.5 Å². The minimum Gasteiger partial charge on any atom is -0.495 e. The highest BCUT2D eigenvalue weighted by molar-refractivity contribution is 5.91. The lowest BCUT2D eigenvalue weighted by atomic mass is 9.90. The molecule has 100 valence electrons. The Labute approximate surface area is 109 Å². The van der Waals surface area contributed by atoms with E-state index in [2.05, 4.69) is 26.1 Å². The summed E-state index contributed by atoms with van der Waals surface area (Å²) in [5.41, 5.74) is 7.14. The number of hydrogen-bond donors (Lipinski definition) is 2. The molecule has 0 aliphatic rings. The van der Waals surface area contributed by atoms with Gasteiger partial charge in [-0.05, 0) is 24.0 Å². The summed E-state index contributed by atoms with van der Waals surface area (Å²) in [5, 5.41) is 2.84. The fraction of sp³-hybridized carbons (Fsp3) is 0.500. The Kier molecular flexibility index (Phi) is 4.59. The third kappa shape index (κ3) is 4.65. The van der Waals surface area contributed by atoms with E-state index in [-0.39, 0.29) is 11.3 Å². The van der Waals surface area contributed by atoms with Crippen LogP contribution in [0, 0.1) is 5.41 Å². The predicted molar refractivity (Wildman–Crippen MR) is 74.7 cm³/mol. The summed E-state index contributed by atoms with van der Waals surface area (Å²) in [4.78, 5) is 11.8. The maximum Gasteiger partial charge on any atom is 0.224 e. The summed E-state index contributed by atoms with van der Waals surface area (Å²) in [5.74, 6) is 0.584. The number of anilines is 2. The molecule has 0 spiro atoms. The van der Waals surface area contributed by atoms with Gasteiger partial charge in [-0.15, -0.1) is 0 Å². The maximum atomic E-state index is 11.8. The topological polar surface area (TPSA) is 64.3 Å². The van der Waals surface area contributed by atoms with Crippen molar-refractivity contribution in [3.8, 4) is 5.75 Å². The Morgan fingerprint density at radius 3 is 2.61 bits per heavy atom. The van der Waals surface area contributed by atoms with Crippen LogP contribution in [0.2, 0.25) is 0 Å². The van der Waals surface area contributed by atoms with Gasteiger partial charge in [-0.25, -0.2) is 0 Å². The van der Waals surface area contributed by atoms with E-state index in [9.17, 15) is 4.79 Å². The molecule has 0 fully saturated rings. The van der Waals surface area contributed by atoms with Crippen LogP contribution < -0.4 is 15.8 Å². The van der Waals surface area contributed by atoms with Crippen LogP contribution in [0.1, 0.15) is 33.6 Å². The van der Waals surface area contributed by atoms with Crippen molar-refractivity contribution in [2.45, 2.75) is 33.6 Å². The number of nitrogen functional groups attached to an aromatic ring is 1. The Hall–Kier alpha value is -1.71. The number of rotatable bonds is 4. The molecule has 0 aromatic heterocycles. The lowest BCUT2D eigenvalue weighted by Crippen LogP contribution is -2.15. The van der Waals surface area contributed by atoms with E-state index < -0.39 is 0 Å². The molecule has 0 saturated carbocycles. The molecule has 1 aromatic rings. The second-order valence-corrected chi connectivity index (χ2v) is 5.57. The van der Waals surface area contributed by atoms with Crippen LogP contribution in [-0.4, -0.2) is 13.0 Å². The minimum atomic E-state index is 0.0109. The summed E-state index contributed by atoms with van der Waals surface area (Å²) in [7, 11) is 1.55. The number of carbonyl (C=O) groups excluding carboxylic acids is 1. The van der Waals surface area contributed by atoms with E-state index in [1.54, 1.807) is 25.3 Å². The monoisotopic (exact) mass is 250 g/mol. The minimum absolute atomic E-state index is 0.0109. The molecule has 1 amide bonds. The quantitative estimate of drug-likeness (QED) is 0.807. The van der Waals surface area contributed by atoms with E-state index in [0.29, 0.717) is 23.5 Å². The van der Waals surface area contributed by atoms with Crippen LogP contribution in [0.3, 0.4) is 0 Å². The van der Waals surface area contributed by atoms with Crippen molar-refractivity contribution in [2.24, 2.45) is 5.41 Å². The van der Waals surface area contributed by atoms with Gasteiger partial charge in [0.2, 0.25) is 5.91 Å². The third-order valence-corrected chi connectivity index (χ3v) is 2.62. The fourth-order valence-electron chi connectivity index (χ4n) is 1.50. The van der Waals surface area contributed by atoms with Crippen LogP contribution in [-0.2, 0) is 4.79 Å². The van der Waals surface area contributed by atoms with Gasteiger partial charge in [-0.2, -0.15) is 0 Å². The highest BCUT2D eigenvalue weighted by Gasteiger charge is 2.13. The summed E-state index contributed by atoms with van der Waals surface area (Å²) in [6.07, 6.45) is 1.36. The summed E-state index contributed by atoms with van der Waals surface area (Å²) in [6.45, 7) is 6.35. The van der Waals surface area contributed by atoms with Crippen LogP contribution in [0.25, 0.3) is 0 Å². The number of nitrogens with one attached hydrogen (secondary N) is 1. The molecule has 0 unspecified atom stereocenters. The predicted octanol–water partition coefficient (Wildman–Crippen LogP) is 3.04. The van der Waals surface area contributed by atoms with E-state index in [0.717, 1.165) is 6.42 Å². The van der Waals surface area contributed by atoms with Gasteiger partial charge < -0.3 is 15.8 Å². The molecule has 0 heterocycles. The SMILES string of the molecule is COc1cc(NC(=O)CCC(C)(C)C)ccc1N. The summed E-state index contributed by atoms with van der Waals surface area (Å²) in [6, 6.07) is 5.22. The zero-order chi connectivity index (χ0) is 13.8. The molecule has 0 bridgehead atoms. The Morgan fingerprint density at radius 2 is 2.06 bits per heavy atom. The van der Waals surface area contributed by atoms with Gasteiger partial charge in [-0.1, -0.05) is 20.8 Å². The van der Waals surface area contributed by atoms with Gasteiger partial charge in [0.15, 0.2) is 0 Å². The lowest BCUT2D eigenvalue weighted by Gasteiger charge is -2.17. The fourth-order valence-corrected chi connectivity index (χ4v) is 1.50. The van der Waals surface area contributed by atoms with Gasteiger partial charge in [0.05, 0.1) is 12.8 Å². The first kappa shape index (κ1) is 14.4. The molecule has 18 heavy (non-hydrogen) atoms. The van der Waals surface area contributed by atoms with Gasteiger partial charge in [0.1, 0.15) is 5.75 Å². The first-order valence-corrected chi connectivity index (χ1v) is 6.05. The Balaban J connectivity index is 2.59. The van der Waals surface area contributed by atoms with E-state index in [1.807, 2.05) is 0 Å². The highest BCUT2D eigenvalue weighted by atomic mass is 16.5. The van der Waals surface area contributed by atoms with Crippen molar-refractivity contribution in [3.63, 3.8) is 0 Å². The molecule has 4 heteroatoms. The van der Waals surface area contributed by atoms with Crippen molar-refractivity contribution in [1.29, 1.82) is 0 Å². The first-order chi connectivity index (χ1) is 8.31. The van der Waals surface area contributed by atoms with Gasteiger partial charge >= 0.3 is 0 Å². The van der Waals surface area contributed by atoms with Crippen LogP contribution in [0.15, 0.2) is 18.2 Å².